The third-order valence-electron chi connectivity index (χ3n) is 4.56. The van der Waals surface area contributed by atoms with Crippen molar-refractivity contribution in [3.8, 4) is 22.3 Å². The minimum atomic E-state index is 0.884. The van der Waals surface area contributed by atoms with E-state index >= 15 is 0 Å². The Bertz CT molecular complexity index is 1030. The van der Waals surface area contributed by atoms with Gasteiger partial charge in [0.25, 0.3) is 0 Å². The molecule has 2 aromatic carbocycles. The molecule has 0 radical (unpaired) electrons. The first-order valence-corrected chi connectivity index (χ1v) is 10.1. The Kier molecular flexibility index (Phi) is 4.76. The van der Waals surface area contributed by atoms with Gasteiger partial charge in [-0.1, -0.05) is 49.7 Å². The van der Waals surface area contributed by atoms with E-state index in [1.165, 1.54) is 22.4 Å². The van der Waals surface area contributed by atoms with Gasteiger partial charge in [-0.2, -0.15) is 5.10 Å². The van der Waals surface area contributed by atoms with Crippen LogP contribution in [-0.2, 0) is 6.42 Å². The van der Waals surface area contributed by atoms with Crippen molar-refractivity contribution in [3.05, 3.63) is 72.7 Å². The summed E-state index contributed by atoms with van der Waals surface area (Å²) in [6.45, 7) is 2.20. The van der Waals surface area contributed by atoms with E-state index in [0.29, 0.717) is 0 Å². The summed E-state index contributed by atoms with van der Waals surface area (Å²) in [6, 6.07) is 17.2. The largest absolute Gasteiger partial charge is 0.236 e. The van der Waals surface area contributed by atoms with E-state index in [1.807, 2.05) is 16.9 Å². The van der Waals surface area contributed by atoms with Crippen LogP contribution in [0.3, 0.4) is 0 Å². The van der Waals surface area contributed by atoms with Gasteiger partial charge in [0.15, 0.2) is 5.65 Å². The standard InChI is InChI=1S/C22H21N3S/c1-3-5-16-8-10-17(11-9-16)19-13-23-22-21(14-24-25(22)15-19)18-6-4-7-20(12-18)26-2/h4,6-15H,3,5H2,1-2H3. The molecule has 0 saturated carbocycles. The lowest BCUT2D eigenvalue weighted by Crippen LogP contribution is -1.92. The topological polar surface area (TPSA) is 30.2 Å². The van der Waals surface area contributed by atoms with Crippen LogP contribution in [0.1, 0.15) is 18.9 Å². The van der Waals surface area contributed by atoms with E-state index < -0.39 is 0 Å². The summed E-state index contributed by atoms with van der Waals surface area (Å²) >= 11 is 1.74. The lowest BCUT2D eigenvalue weighted by Gasteiger charge is -2.05. The maximum absolute atomic E-state index is 4.70. The Hall–Kier alpha value is -2.59. The van der Waals surface area contributed by atoms with Crippen molar-refractivity contribution < 1.29 is 0 Å². The Morgan fingerprint density at radius 2 is 1.81 bits per heavy atom. The molecule has 0 unspecified atom stereocenters. The highest BCUT2D eigenvalue weighted by molar-refractivity contribution is 7.98. The smallest absolute Gasteiger partial charge is 0.162 e. The maximum Gasteiger partial charge on any atom is 0.162 e. The van der Waals surface area contributed by atoms with E-state index in [2.05, 4.69) is 73.0 Å². The van der Waals surface area contributed by atoms with Crippen LogP contribution in [0, 0.1) is 0 Å². The predicted octanol–water partition coefficient (Wildman–Crippen LogP) is 5.74. The predicted molar refractivity (Wildman–Crippen MR) is 110 cm³/mol. The third-order valence-corrected chi connectivity index (χ3v) is 5.29. The van der Waals surface area contributed by atoms with Crippen LogP contribution < -0.4 is 0 Å². The van der Waals surface area contributed by atoms with Gasteiger partial charge in [0, 0.05) is 28.4 Å². The molecule has 130 valence electrons. The summed E-state index contributed by atoms with van der Waals surface area (Å²) in [5, 5.41) is 4.53. The zero-order valence-electron chi connectivity index (χ0n) is 15.0. The average molecular weight is 359 g/mol. The molecule has 0 spiro atoms. The molecule has 0 bridgehead atoms. The summed E-state index contributed by atoms with van der Waals surface area (Å²) in [5.41, 5.74) is 6.71. The van der Waals surface area contributed by atoms with Crippen LogP contribution >= 0.6 is 11.8 Å². The molecule has 4 heteroatoms. The Labute approximate surface area is 158 Å². The van der Waals surface area contributed by atoms with Gasteiger partial charge in [-0.25, -0.2) is 9.50 Å². The quantitative estimate of drug-likeness (QED) is 0.426. The highest BCUT2D eigenvalue weighted by Gasteiger charge is 2.10. The zero-order chi connectivity index (χ0) is 17.9. The number of thioether (sulfide) groups is 1. The molecule has 2 heterocycles. The number of benzene rings is 2. The SMILES string of the molecule is CCCc1ccc(-c2cnc3c(-c4cccc(SC)c4)cnn3c2)cc1. The molecular formula is C22H21N3S. The lowest BCUT2D eigenvalue weighted by molar-refractivity contribution is 0.921. The van der Waals surface area contributed by atoms with Crippen LogP contribution in [0.25, 0.3) is 27.9 Å². The van der Waals surface area contributed by atoms with Gasteiger partial charge in [-0.15, -0.1) is 11.8 Å². The van der Waals surface area contributed by atoms with Crippen molar-refractivity contribution in [1.29, 1.82) is 0 Å². The molecule has 0 aliphatic rings. The van der Waals surface area contributed by atoms with Crippen molar-refractivity contribution >= 4 is 17.4 Å². The molecule has 0 aliphatic heterocycles. The zero-order valence-corrected chi connectivity index (χ0v) is 15.8. The summed E-state index contributed by atoms with van der Waals surface area (Å²) in [4.78, 5) is 5.94. The number of nitrogens with zero attached hydrogens (tertiary/aromatic N) is 3. The Balaban J connectivity index is 1.71. The normalized spacial score (nSPS) is 11.2. The van der Waals surface area contributed by atoms with Crippen molar-refractivity contribution in [3.63, 3.8) is 0 Å². The van der Waals surface area contributed by atoms with Gasteiger partial charge in [0.2, 0.25) is 0 Å². The van der Waals surface area contributed by atoms with Crippen LogP contribution in [-0.4, -0.2) is 20.9 Å². The number of hydrogen-bond donors (Lipinski definition) is 0. The van der Waals surface area contributed by atoms with Gasteiger partial charge < -0.3 is 0 Å². The second-order valence-corrected chi connectivity index (χ2v) is 7.23. The number of fused-ring (bicyclic) bond motifs is 1. The lowest BCUT2D eigenvalue weighted by atomic mass is 10.0. The second-order valence-electron chi connectivity index (χ2n) is 6.35. The van der Waals surface area contributed by atoms with Gasteiger partial charge in [-0.3, -0.25) is 0 Å². The number of rotatable bonds is 5. The Morgan fingerprint density at radius 1 is 0.962 bits per heavy atom. The van der Waals surface area contributed by atoms with Crippen LogP contribution in [0.4, 0.5) is 0 Å². The van der Waals surface area contributed by atoms with Crippen molar-refractivity contribution in [1.82, 2.24) is 14.6 Å². The Morgan fingerprint density at radius 3 is 2.58 bits per heavy atom. The molecule has 0 saturated heterocycles. The molecule has 26 heavy (non-hydrogen) atoms. The van der Waals surface area contributed by atoms with E-state index in [9.17, 15) is 0 Å². The van der Waals surface area contributed by atoms with E-state index in [4.69, 9.17) is 4.98 Å². The first-order valence-electron chi connectivity index (χ1n) is 8.85. The fourth-order valence-electron chi connectivity index (χ4n) is 3.17. The number of hydrogen-bond acceptors (Lipinski definition) is 3. The van der Waals surface area contributed by atoms with E-state index in [0.717, 1.165) is 28.8 Å². The third kappa shape index (κ3) is 3.25. The molecule has 4 rings (SSSR count). The molecule has 2 aromatic heterocycles. The minimum absolute atomic E-state index is 0.884. The molecule has 0 N–H and O–H groups in total. The first kappa shape index (κ1) is 16.9. The van der Waals surface area contributed by atoms with Gasteiger partial charge in [0.05, 0.1) is 6.20 Å². The van der Waals surface area contributed by atoms with E-state index in [-0.39, 0.29) is 0 Å². The number of aromatic nitrogens is 3. The molecule has 0 aliphatic carbocycles. The van der Waals surface area contributed by atoms with Crippen LogP contribution in [0.15, 0.2) is 72.0 Å². The summed E-state index contributed by atoms with van der Waals surface area (Å²) in [6.07, 6.45) is 10.3. The summed E-state index contributed by atoms with van der Waals surface area (Å²) < 4.78 is 1.87. The molecule has 0 atom stereocenters. The van der Waals surface area contributed by atoms with Crippen molar-refractivity contribution in [2.75, 3.05) is 6.26 Å². The summed E-state index contributed by atoms with van der Waals surface area (Å²) in [7, 11) is 0. The van der Waals surface area contributed by atoms with Gasteiger partial charge >= 0.3 is 0 Å². The maximum atomic E-state index is 4.70. The molecule has 0 amide bonds. The first-order chi connectivity index (χ1) is 12.8. The molecular weight excluding hydrogens is 338 g/mol. The molecule has 0 fully saturated rings. The van der Waals surface area contributed by atoms with Gasteiger partial charge in [-0.05, 0) is 41.5 Å². The van der Waals surface area contributed by atoms with Crippen LogP contribution in [0.5, 0.6) is 0 Å². The minimum Gasteiger partial charge on any atom is -0.236 e. The van der Waals surface area contributed by atoms with Crippen molar-refractivity contribution in [2.24, 2.45) is 0 Å². The highest BCUT2D eigenvalue weighted by atomic mass is 32.2. The van der Waals surface area contributed by atoms with Gasteiger partial charge in [0.1, 0.15) is 0 Å². The average Bonchev–Trinajstić information content (AvgIpc) is 3.12. The van der Waals surface area contributed by atoms with E-state index in [1.54, 1.807) is 11.8 Å². The number of aryl methyl sites for hydroxylation is 1. The second kappa shape index (κ2) is 7.34. The molecule has 4 aromatic rings. The molecule has 3 nitrogen and oxygen atoms in total. The van der Waals surface area contributed by atoms with Crippen LogP contribution in [0.2, 0.25) is 0 Å². The fourth-order valence-corrected chi connectivity index (χ4v) is 3.63. The highest BCUT2D eigenvalue weighted by Crippen LogP contribution is 2.28. The fraction of sp³-hybridized carbons (Fsp3) is 0.182. The van der Waals surface area contributed by atoms with Crippen molar-refractivity contribution in [2.45, 2.75) is 24.7 Å². The summed E-state index contributed by atoms with van der Waals surface area (Å²) in [5.74, 6) is 0. The monoisotopic (exact) mass is 359 g/mol.